The van der Waals surface area contributed by atoms with Gasteiger partial charge in [-0.05, 0) is 19.8 Å². The second-order valence-electron chi connectivity index (χ2n) is 4.54. The van der Waals surface area contributed by atoms with E-state index in [1.807, 2.05) is 0 Å². The number of esters is 1. The van der Waals surface area contributed by atoms with Crippen LogP contribution in [-0.4, -0.2) is 49.3 Å². The first-order chi connectivity index (χ1) is 7.19. The third kappa shape index (κ3) is 2.49. The molecule has 2 bridgehead atoms. The Bertz CT molecular complexity index is 232. The highest BCUT2D eigenvalue weighted by Gasteiger charge is 2.35. The number of rotatable bonds is 3. The van der Waals surface area contributed by atoms with E-state index in [0.29, 0.717) is 18.6 Å². The number of morpholine rings is 1. The molecule has 0 aromatic heterocycles. The van der Waals surface area contributed by atoms with Gasteiger partial charge in [0, 0.05) is 19.1 Å². The molecule has 2 aliphatic rings. The number of fused-ring (bicyclic) bond motifs is 2. The molecule has 0 radical (unpaired) electrons. The smallest absolute Gasteiger partial charge is 0.307 e. The lowest BCUT2D eigenvalue weighted by Gasteiger charge is -2.35. The van der Waals surface area contributed by atoms with Gasteiger partial charge >= 0.3 is 5.97 Å². The number of likely N-dealkylation sites (tertiary alicyclic amines) is 1. The number of methoxy groups -OCH3 is 1. The Balaban J connectivity index is 1.85. The summed E-state index contributed by atoms with van der Waals surface area (Å²) in [6.45, 7) is 4.02. The number of carbonyl (C=O) groups is 1. The molecular formula is C11H19NO3. The fourth-order valence-corrected chi connectivity index (χ4v) is 2.46. The summed E-state index contributed by atoms with van der Waals surface area (Å²) in [5, 5.41) is 0. The monoisotopic (exact) mass is 213 g/mol. The molecule has 0 saturated carbocycles. The van der Waals surface area contributed by atoms with Crippen LogP contribution in [0, 0.1) is 0 Å². The maximum atomic E-state index is 11.2. The molecule has 2 saturated heterocycles. The molecule has 0 N–H and O–H groups in total. The van der Waals surface area contributed by atoms with Crippen LogP contribution in [0.25, 0.3) is 0 Å². The molecule has 4 heteroatoms. The van der Waals surface area contributed by atoms with Crippen LogP contribution in [0.1, 0.15) is 26.2 Å². The number of nitrogens with zero attached hydrogens (tertiary/aromatic N) is 1. The first kappa shape index (κ1) is 10.9. The minimum atomic E-state index is -0.124. The second kappa shape index (κ2) is 4.49. The minimum Gasteiger partial charge on any atom is -0.469 e. The van der Waals surface area contributed by atoms with Crippen molar-refractivity contribution in [3.05, 3.63) is 0 Å². The predicted molar refractivity (Wildman–Crippen MR) is 55.6 cm³/mol. The van der Waals surface area contributed by atoms with Crippen LogP contribution >= 0.6 is 0 Å². The second-order valence-corrected chi connectivity index (χ2v) is 4.54. The fourth-order valence-electron chi connectivity index (χ4n) is 2.46. The summed E-state index contributed by atoms with van der Waals surface area (Å²) in [5.41, 5.74) is 0. The van der Waals surface area contributed by atoms with Crippen molar-refractivity contribution in [2.75, 3.05) is 20.2 Å². The first-order valence-corrected chi connectivity index (χ1v) is 5.65. The zero-order valence-corrected chi connectivity index (χ0v) is 9.44. The lowest BCUT2D eigenvalue weighted by Crippen LogP contribution is -2.47. The van der Waals surface area contributed by atoms with E-state index in [4.69, 9.17) is 4.74 Å². The van der Waals surface area contributed by atoms with Gasteiger partial charge in [-0.2, -0.15) is 0 Å². The van der Waals surface area contributed by atoms with Crippen molar-refractivity contribution in [3.63, 3.8) is 0 Å². The third-order valence-corrected chi connectivity index (χ3v) is 3.38. The van der Waals surface area contributed by atoms with Gasteiger partial charge in [0.1, 0.15) is 0 Å². The molecule has 4 nitrogen and oxygen atoms in total. The quantitative estimate of drug-likeness (QED) is 0.650. The topological polar surface area (TPSA) is 38.8 Å². The SMILES string of the molecule is COC(=O)CC(C)N1CC2CCC(C1)O2. The number of carbonyl (C=O) groups excluding carboxylic acids is 1. The largest absolute Gasteiger partial charge is 0.469 e. The van der Waals surface area contributed by atoms with Crippen molar-refractivity contribution in [1.29, 1.82) is 0 Å². The van der Waals surface area contributed by atoms with Crippen LogP contribution < -0.4 is 0 Å². The summed E-state index contributed by atoms with van der Waals surface area (Å²) >= 11 is 0. The lowest BCUT2D eigenvalue weighted by molar-refractivity contribution is -0.142. The van der Waals surface area contributed by atoms with Gasteiger partial charge in [-0.3, -0.25) is 9.69 Å². The summed E-state index contributed by atoms with van der Waals surface area (Å²) in [4.78, 5) is 13.5. The molecule has 2 heterocycles. The average molecular weight is 213 g/mol. The molecule has 2 fully saturated rings. The van der Waals surface area contributed by atoms with Gasteiger partial charge in [0.2, 0.25) is 0 Å². The Kier molecular flexibility index (Phi) is 3.26. The van der Waals surface area contributed by atoms with Crippen molar-refractivity contribution in [2.24, 2.45) is 0 Å². The van der Waals surface area contributed by atoms with E-state index in [1.54, 1.807) is 0 Å². The van der Waals surface area contributed by atoms with E-state index in [1.165, 1.54) is 20.0 Å². The summed E-state index contributed by atoms with van der Waals surface area (Å²) < 4.78 is 10.4. The molecule has 0 aromatic carbocycles. The lowest BCUT2D eigenvalue weighted by atomic mass is 10.1. The van der Waals surface area contributed by atoms with Gasteiger partial charge in [0.05, 0.1) is 25.7 Å². The van der Waals surface area contributed by atoms with Crippen molar-refractivity contribution < 1.29 is 14.3 Å². The molecule has 0 amide bonds. The minimum absolute atomic E-state index is 0.124. The Labute approximate surface area is 90.5 Å². The van der Waals surface area contributed by atoms with Crippen LogP contribution in [0.5, 0.6) is 0 Å². The zero-order valence-electron chi connectivity index (χ0n) is 9.44. The Morgan fingerprint density at radius 2 is 2.07 bits per heavy atom. The molecule has 3 atom stereocenters. The molecule has 0 aromatic rings. The molecule has 0 aliphatic carbocycles. The van der Waals surface area contributed by atoms with E-state index >= 15 is 0 Å². The standard InChI is InChI=1S/C11H19NO3/c1-8(5-11(13)14-2)12-6-9-3-4-10(7-12)15-9/h8-10H,3-7H2,1-2H3. The van der Waals surface area contributed by atoms with Gasteiger partial charge in [-0.25, -0.2) is 0 Å². The molecule has 3 unspecified atom stereocenters. The fraction of sp³-hybridized carbons (Fsp3) is 0.909. The van der Waals surface area contributed by atoms with Gasteiger partial charge < -0.3 is 9.47 Å². The van der Waals surface area contributed by atoms with Gasteiger partial charge in [0.15, 0.2) is 0 Å². The number of ether oxygens (including phenoxy) is 2. The molecule has 15 heavy (non-hydrogen) atoms. The Morgan fingerprint density at radius 1 is 1.47 bits per heavy atom. The van der Waals surface area contributed by atoms with E-state index < -0.39 is 0 Å². The zero-order chi connectivity index (χ0) is 10.8. The van der Waals surface area contributed by atoms with E-state index in [0.717, 1.165) is 13.1 Å². The summed E-state index contributed by atoms with van der Waals surface area (Å²) in [6, 6.07) is 0.268. The molecule has 0 spiro atoms. The van der Waals surface area contributed by atoms with E-state index in [2.05, 4.69) is 16.6 Å². The highest BCUT2D eigenvalue weighted by atomic mass is 16.5. The highest BCUT2D eigenvalue weighted by molar-refractivity contribution is 5.69. The van der Waals surface area contributed by atoms with Crippen molar-refractivity contribution in [2.45, 2.75) is 44.4 Å². The van der Waals surface area contributed by atoms with Gasteiger partial charge in [-0.1, -0.05) is 0 Å². The average Bonchev–Trinajstić information content (AvgIpc) is 2.57. The Morgan fingerprint density at radius 3 is 2.60 bits per heavy atom. The van der Waals surface area contributed by atoms with Crippen LogP contribution in [0.4, 0.5) is 0 Å². The van der Waals surface area contributed by atoms with Crippen LogP contribution in [0.15, 0.2) is 0 Å². The van der Waals surface area contributed by atoms with Gasteiger partial charge in [-0.15, -0.1) is 0 Å². The molecule has 86 valence electrons. The summed E-state index contributed by atoms with van der Waals surface area (Å²) in [7, 11) is 1.44. The third-order valence-electron chi connectivity index (χ3n) is 3.38. The molecular weight excluding hydrogens is 194 g/mol. The van der Waals surface area contributed by atoms with Crippen LogP contribution in [0.3, 0.4) is 0 Å². The highest BCUT2D eigenvalue weighted by Crippen LogP contribution is 2.27. The van der Waals surface area contributed by atoms with Crippen LogP contribution in [0.2, 0.25) is 0 Å². The summed E-state index contributed by atoms with van der Waals surface area (Å²) in [6.07, 6.45) is 3.61. The van der Waals surface area contributed by atoms with Crippen molar-refractivity contribution >= 4 is 5.97 Å². The summed E-state index contributed by atoms with van der Waals surface area (Å²) in [5.74, 6) is -0.124. The van der Waals surface area contributed by atoms with Gasteiger partial charge in [0.25, 0.3) is 0 Å². The van der Waals surface area contributed by atoms with Crippen molar-refractivity contribution in [3.8, 4) is 0 Å². The molecule has 2 rings (SSSR count). The predicted octanol–water partition coefficient (Wildman–Crippen LogP) is 0.801. The number of hydrogen-bond donors (Lipinski definition) is 0. The van der Waals surface area contributed by atoms with Crippen molar-refractivity contribution in [1.82, 2.24) is 4.90 Å². The van der Waals surface area contributed by atoms with E-state index in [9.17, 15) is 4.79 Å². The normalized spacial score (nSPS) is 32.7. The maximum Gasteiger partial charge on any atom is 0.307 e. The van der Waals surface area contributed by atoms with Crippen LogP contribution in [-0.2, 0) is 14.3 Å². The molecule has 2 aliphatic heterocycles. The van der Waals surface area contributed by atoms with E-state index in [-0.39, 0.29) is 12.0 Å². The first-order valence-electron chi connectivity index (χ1n) is 5.65. The Hall–Kier alpha value is -0.610. The number of hydrogen-bond acceptors (Lipinski definition) is 4. The maximum absolute atomic E-state index is 11.2.